The smallest absolute Gasteiger partial charge is 0.150 e. The zero-order chi connectivity index (χ0) is 10.8. The minimum atomic E-state index is 0.554. The van der Waals surface area contributed by atoms with Crippen molar-refractivity contribution in [2.45, 2.75) is 26.2 Å². The van der Waals surface area contributed by atoms with Gasteiger partial charge in [0.15, 0.2) is 0 Å². The molecule has 0 aliphatic heterocycles. The third kappa shape index (κ3) is 1.87. The van der Waals surface area contributed by atoms with Crippen LogP contribution < -0.4 is 0 Å². The van der Waals surface area contributed by atoms with E-state index in [1.807, 2.05) is 12.1 Å². The normalized spacial score (nSPS) is 19.4. The van der Waals surface area contributed by atoms with Crippen molar-refractivity contribution in [2.24, 2.45) is 5.92 Å². The van der Waals surface area contributed by atoms with Crippen LogP contribution in [0.5, 0.6) is 0 Å². The Morgan fingerprint density at radius 2 is 2.33 bits per heavy atom. The van der Waals surface area contributed by atoms with Crippen LogP contribution in [0.25, 0.3) is 0 Å². The first-order chi connectivity index (χ1) is 7.22. The van der Waals surface area contributed by atoms with Gasteiger partial charge >= 0.3 is 0 Å². The SMILES string of the molecule is C=C(C)[C@H]1CCc2cccc(C=O)c2C1. The largest absolute Gasteiger partial charge is 0.298 e. The molecule has 1 aliphatic rings. The van der Waals surface area contributed by atoms with E-state index in [1.165, 1.54) is 23.1 Å². The van der Waals surface area contributed by atoms with Crippen LogP contribution in [0.4, 0.5) is 0 Å². The van der Waals surface area contributed by atoms with Crippen LogP contribution in [0.2, 0.25) is 0 Å². The van der Waals surface area contributed by atoms with Crippen LogP contribution in [0.3, 0.4) is 0 Å². The minimum Gasteiger partial charge on any atom is -0.298 e. The standard InChI is InChI=1S/C14H16O/c1-10(2)12-7-6-11-4-3-5-13(9-15)14(11)8-12/h3-5,9,12H,1,6-8H2,2H3/t12-/m0/s1. The molecule has 1 atom stereocenters. The van der Waals surface area contributed by atoms with Gasteiger partial charge in [-0.2, -0.15) is 0 Å². The number of rotatable bonds is 2. The Kier molecular flexibility index (Phi) is 2.72. The third-order valence-electron chi connectivity index (χ3n) is 3.35. The summed E-state index contributed by atoms with van der Waals surface area (Å²) < 4.78 is 0. The number of fused-ring (bicyclic) bond motifs is 1. The van der Waals surface area contributed by atoms with Gasteiger partial charge < -0.3 is 0 Å². The zero-order valence-corrected chi connectivity index (χ0v) is 9.12. The van der Waals surface area contributed by atoms with Crippen molar-refractivity contribution >= 4 is 6.29 Å². The van der Waals surface area contributed by atoms with Crippen molar-refractivity contribution in [3.63, 3.8) is 0 Å². The van der Waals surface area contributed by atoms with E-state index in [4.69, 9.17) is 0 Å². The molecule has 0 heterocycles. The molecule has 0 saturated heterocycles. The number of hydrogen-bond donors (Lipinski definition) is 0. The van der Waals surface area contributed by atoms with Crippen LogP contribution in [0.15, 0.2) is 30.4 Å². The molecule has 0 saturated carbocycles. The van der Waals surface area contributed by atoms with Gasteiger partial charge in [-0.3, -0.25) is 4.79 Å². The summed E-state index contributed by atoms with van der Waals surface area (Å²) in [5, 5.41) is 0. The predicted molar refractivity (Wildman–Crippen MR) is 62.2 cm³/mol. The van der Waals surface area contributed by atoms with Gasteiger partial charge in [-0.05, 0) is 43.2 Å². The summed E-state index contributed by atoms with van der Waals surface area (Å²) in [6.45, 7) is 6.10. The molecule has 0 N–H and O–H groups in total. The molecule has 0 fully saturated rings. The van der Waals surface area contributed by atoms with Gasteiger partial charge in [0.25, 0.3) is 0 Å². The number of carbonyl (C=O) groups excluding carboxylic acids is 1. The highest BCUT2D eigenvalue weighted by Crippen LogP contribution is 2.30. The maximum Gasteiger partial charge on any atom is 0.150 e. The van der Waals surface area contributed by atoms with Crippen molar-refractivity contribution in [2.75, 3.05) is 0 Å². The Balaban J connectivity index is 2.38. The topological polar surface area (TPSA) is 17.1 Å². The summed E-state index contributed by atoms with van der Waals surface area (Å²) in [4.78, 5) is 10.9. The van der Waals surface area contributed by atoms with Gasteiger partial charge in [0, 0.05) is 5.56 Å². The molecule has 1 nitrogen and oxygen atoms in total. The number of aldehydes is 1. The fourth-order valence-corrected chi connectivity index (χ4v) is 2.35. The number of hydrogen-bond acceptors (Lipinski definition) is 1. The molecule has 78 valence electrons. The lowest BCUT2D eigenvalue weighted by molar-refractivity contribution is 0.112. The highest BCUT2D eigenvalue weighted by Gasteiger charge is 2.20. The molecule has 0 amide bonds. The molecule has 1 aromatic carbocycles. The maximum atomic E-state index is 10.9. The van der Waals surface area contributed by atoms with Crippen molar-refractivity contribution in [3.05, 3.63) is 47.0 Å². The second-order valence-electron chi connectivity index (χ2n) is 4.39. The molecule has 15 heavy (non-hydrogen) atoms. The molecular formula is C14H16O. The van der Waals surface area contributed by atoms with Crippen LogP contribution in [0.1, 0.15) is 34.8 Å². The lowest BCUT2D eigenvalue weighted by Crippen LogP contribution is -2.16. The molecule has 1 aliphatic carbocycles. The molecule has 0 radical (unpaired) electrons. The fourth-order valence-electron chi connectivity index (χ4n) is 2.35. The Labute approximate surface area is 90.8 Å². The Hall–Kier alpha value is -1.37. The van der Waals surface area contributed by atoms with Crippen LogP contribution in [0, 0.1) is 5.92 Å². The van der Waals surface area contributed by atoms with E-state index in [-0.39, 0.29) is 0 Å². The van der Waals surface area contributed by atoms with Gasteiger partial charge in [0.1, 0.15) is 6.29 Å². The van der Waals surface area contributed by atoms with Gasteiger partial charge in [0.05, 0.1) is 0 Å². The molecular weight excluding hydrogens is 184 g/mol. The summed E-state index contributed by atoms with van der Waals surface area (Å²) in [6.07, 6.45) is 4.21. The summed E-state index contributed by atoms with van der Waals surface area (Å²) >= 11 is 0. The summed E-state index contributed by atoms with van der Waals surface area (Å²) in [5.41, 5.74) is 4.68. The molecule has 0 unspecified atom stereocenters. The van der Waals surface area contributed by atoms with Gasteiger partial charge in [-0.25, -0.2) is 0 Å². The predicted octanol–water partition coefficient (Wildman–Crippen LogP) is 3.18. The molecule has 2 rings (SSSR count). The summed E-state index contributed by atoms with van der Waals surface area (Å²) in [5.74, 6) is 0.554. The van der Waals surface area contributed by atoms with Gasteiger partial charge in [-0.1, -0.05) is 30.4 Å². The number of benzene rings is 1. The monoisotopic (exact) mass is 200 g/mol. The maximum absolute atomic E-state index is 10.9. The van der Waals surface area contributed by atoms with E-state index in [9.17, 15) is 4.79 Å². The average molecular weight is 200 g/mol. The van der Waals surface area contributed by atoms with Gasteiger partial charge in [0.2, 0.25) is 0 Å². The zero-order valence-electron chi connectivity index (χ0n) is 9.12. The minimum absolute atomic E-state index is 0.554. The third-order valence-corrected chi connectivity index (χ3v) is 3.35. The first kappa shape index (κ1) is 10.2. The number of aryl methyl sites for hydroxylation is 1. The first-order valence-corrected chi connectivity index (χ1v) is 5.43. The summed E-state index contributed by atoms with van der Waals surface area (Å²) in [6, 6.07) is 6.02. The molecule has 0 spiro atoms. The molecule has 1 heteroatoms. The number of allylic oxidation sites excluding steroid dienone is 1. The highest BCUT2D eigenvalue weighted by molar-refractivity contribution is 5.78. The Morgan fingerprint density at radius 3 is 3.00 bits per heavy atom. The van der Waals surface area contributed by atoms with E-state index < -0.39 is 0 Å². The quantitative estimate of drug-likeness (QED) is 0.529. The Bertz CT molecular complexity index is 404. The number of carbonyl (C=O) groups is 1. The Morgan fingerprint density at radius 1 is 1.53 bits per heavy atom. The van der Waals surface area contributed by atoms with Crippen LogP contribution >= 0.6 is 0 Å². The lowest BCUT2D eigenvalue weighted by atomic mass is 9.79. The van der Waals surface area contributed by atoms with E-state index in [0.717, 1.165) is 24.7 Å². The molecule has 0 aromatic heterocycles. The van der Waals surface area contributed by atoms with E-state index in [1.54, 1.807) is 0 Å². The van der Waals surface area contributed by atoms with E-state index in [2.05, 4.69) is 19.6 Å². The second-order valence-corrected chi connectivity index (χ2v) is 4.39. The van der Waals surface area contributed by atoms with Crippen LogP contribution in [-0.2, 0) is 12.8 Å². The highest BCUT2D eigenvalue weighted by atomic mass is 16.1. The van der Waals surface area contributed by atoms with Gasteiger partial charge in [-0.15, -0.1) is 0 Å². The van der Waals surface area contributed by atoms with Crippen molar-refractivity contribution in [1.82, 2.24) is 0 Å². The lowest BCUT2D eigenvalue weighted by Gasteiger charge is -2.25. The second kappa shape index (κ2) is 4.01. The van der Waals surface area contributed by atoms with Crippen molar-refractivity contribution in [1.29, 1.82) is 0 Å². The van der Waals surface area contributed by atoms with E-state index in [0.29, 0.717) is 5.92 Å². The first-order valence-electron chi connectivity index (χ1n) is 5.43. The summed E-state index contributed by atoms with van der Waals surface area (Å²) in [7, 11) is 0. The van der Waals surface area contributed by atoms with Crippen LogP contribution in [-0.4, -0.2) is 6.29 Å². The molecule has 0 bridgehead atoms. The van der Waals surface area contributed by atoms with Crippen molar-refractivity contribution in [3.8, 4) is 0 Å². The van der Waals surface area contributed by atoms with E-state index >= 15 is 0 Å². The average Bonchev–Trinajstić information content (AvgIpc) is 2.27. The fraction of sp³-hybridized carbons (Fsp3) is 0.357. The molecule has 1 aromatic rings. The van der Waals surface area contributed by atoms with Crippen molar-refractivity contribution < 1.29 is 4.79 Å².